The van der Waals surface area contributed by atoms with Crippen LogP contribution in [0.1, 0.15) is 18.2 Å². The van der Waals surface area contributed by atoms with Crippen LogP contribution in [0.3, 0.4) is 0 Å². The van der Waals surface area contributed by atoms with Gasteiger partial charge in [-0.2, -0.15) is 0 Å². The van der Waals surface area contributed by atoms with Gasteiger partial charge in [0.1, 0.15) is 0 Å². The number of benzene rings is 1. The van der Waals surface area contributed by atoms with Gasteiger partial charge in [-0.3, -0.25) is 0 Å². The summed E-state index contributed by atoms with van der Waals surface area (Å²) in [4.78, 5) is 8.33. The summed E-state index contributed by atoms with van der Waals surface area (Å²) in [6.45, 7) is 4.04. The van der Waals surface area contributed by atoms with Crippen molar-refractivity contribution >= 4 is 29.0 Å². The Hall–Kier alpha value is -2.01. The van der Waals surface area contributed by atoms with Crippen molar-refractivity contribution < 1.29 is 0 Å². The Morgan fingerprint density at radius 2 is 1.89 bits per heavy atom. The molecule has 2 N–H and O–H groups in total. The molecule has 0 saturated carbocycles. The van der Waals surface area contributed by atoms with Crippen molar-refractivity contribution in [3.05, 3.63) is 47.8 Å². The lowest BCUT2D eigenvalue weighted by Gasteiger charge is -2.09. The van der Waals surface area contributed by atoms with Gasteiger partial charge in [-0.25, -0.2) is 9.97 Å². The Bertz CT molecular complexity index is 566. The van der Waals surface area contributed by atoms with E-state index in [1.807, 2.05) is 25.1 Å². The smallest absolute Gasteiger partial charge is 0.229 e. The zero-order valence-corrected chi connectivity index (χ0v) is 11.8. The molecular formula is C14H16N4S. The third-order valence-electron chi connectivity index (χ3n) is 2.64. The van der Waals surface area contributed by atoms with E-state index in [2.05, 4.69) is 39.7 Å². The summed E-state index contributed by atoms with van der Waals surface area (Å²) in [7, 11) is 0. The van der Waals surface area contributed by atoms with Crippen LogP contribution in [0.15, 0.2) is 36.5 Å². The second-order valence-electron chi connectivity index (χ2n) is 4.15. The fraction of sp³-hybridized carbons (Fsp3) is 0.214. The number of rotatable bonds is 3. The van der Waals surface area contributed by atoms with Crippen molar-refractivity contribution in [1.82, 2.24) is 9.97 Å². The SMILES string of the molecule is CCc1ccc(NC(=S)Nc2nccc(C)n2)cc1. The van der Waals surface area contributed by atoms with Gasteiger partial charge in [0.05, 0.1) is 0 Å². The first-order valence-corrected chi connectivity index (χ1v) is 6.55. The highest BCUT2D eigenvalue weighted by Gasteiger charge is 2.01. The molecule has 0 radical (unpaired) electrons. The minimum Gasteiger partial charge on any atom is -0.332 e. The average molecular weight is 272 g/mol. The van der Waals surface area contributed by atoms with Gasteiger partial charge in [0.15, 0.2) is 5.11 Å². The van der Waals surface area contributed by atoms with Gasteiger partial charge >= 0.3 is 0 Å². The number of hydrogen-bond acceptors (Lipinski definition) is 3. The van der Waals surface area contributed by atoms with Crippen molar-refractivity contribution in [3.63, 3.8) is 0 Å². The lowest BCUT2D eigenvalue weighted by Crippen LogP contribution is -2.20. The van der Waals surface area contributed by atoms with Crippen LogP contribution >= 0.6 is 12.2 Å². The highest BCUT2D eigenvalue weighted by molar-refractivity contribution is 7.80. The molecule has 1 aromatic heterocycles. The number of hydrogen-bond donors (Lipinski definition) is 2. The summed E-state index contributed by atoms with van der Waals surface area (Å²) in [5, 5.41) is 6.54. The Morgan fingerprint density at radius 3 is 2.53 bits per heavy atom. The minimum absolute atomic E-state index is 0.481. The van der Waals surface area contributed by atoms with Crippen LogP contribution in [0.5, 0.6) is 0 Å². The molecule has 0 atom stereocenters. The van der Waals surface area contributed by atoms with E-state index in [1.54, 1.807) is 6.20 Å². The van der Waals surface area contributed by atoms with E-state index >= 15 is 0 Å². The first-order valence-electron chi connectivity index (χ1n) is 6.14. The molecule has 0 aliphatic carbocycles. The van der Waals surface area contributed by atoms with Crippen LogP contribution in [-0.2, 0) is 6.42 Å². The molecule has 2 aromatic rings. The summed E-state index contributed by atoms with van der Waals surface area (Å²) in [5.74, 6) is 0.502. The van der Waals surface area contributed by atoms with Gasteiger partial charge in [-0.1, -0.05) is 19.1 Å². The molecule has 1 aromatic carbocycles. The molecule has 2 rings (SSSR count). The molecule has 0 unspecified atom stereocenters. The second-order valence-corrected chi connectivity index (χ2v) is 4.56. The third-order valence-corrected chi connectivity index (χ3v) is 2.84. The van der Waals surface area contributed by atoms with Gasteiger partial charge in [-0.15, -0.1) is 0 Å². The van der Waals surface area contributed by atoms with E-state index in [1.165, 1.54) is 5.56 Å². The maximum Gasteiger partial charge on any atom is 0.229 e. The maximum absolute atomic E-state index is 5.22. The van der Waals surface area contributed by atoms with Gasteiger partial charge in [0.25, 0.3) is 0 Å². The van der Waals surface area contributed by atoms with Gasteiger partial charge < -0.3 is 10.6 Å². The number of aryl methyl sites for hydroxylation is 2. The van der Waals surface area contributed by atoms with Crippen LogP contribution in [0.2, 0.25) is 0 Å². The fourth-order valence-electron chi connectivity index (χ4n) is 1.60. The van der Waals surface area contributed by atoms with Crippen LogP contribution in [0.4, 0.5) is 11.6 Å². The average Bonchev–Trinajstić information content (AvgIpc) is 2.39. The van der Waals surface area contributed by atoms with Gasteiger partial charge in [0, 0.05) is 17.6 Å². The molecule has 0 aliphatic rings. The molecular weight excluding hydrogens is 256 g/mol. The maximum atomic E-state index is 5.22. The summed E-state index contributed by atoms with van der Waals surface area (Å²) >= 11 is 5.22. The molecule has 0 amide bonds. The summed E-state index contributed by atoms with van der Waals surface area (Å²) in [6, 6.07) is 10.0. The number of aromatic nitrogens is 2. The minimum atomic E-state index is 0.481. The zero-order valence-electron chi connectivity index (χ0n) is 11.0. The first kappa shape index (κ1) is 13.4. The van der Waals surface area contributed by atoms with Gasteiger partial charge in [0.2, 0.25) is 5.95 Å². The molecule has 4 nitrogen and oxygen atoms in total. The predicted octanol–water partition coefficient (Wildman–Crippen LogP) is 3.16. The lowest BCUT2D eigenvalue weighted by molar-refractivity contribution is 1.11. The second kappa shape index (κ2) is 6.24. The molecule has 1 heterocycles. The number of anilines is 2. The molecule has 0 saturated heterocycles. The Balaban J connectivity index is 1.97. The summed E-state index contributed by atoms with van der Waals surface area (Å²) < 4.78 is 0. The fourth-order valence-corrected chi connectivity index (χ4v) is 1.81. The van der Waals surface area contributed by atoms with Crippen molar-refractivity contribution in [2.45, 2.75) is 20.3 Å². The Morgan fingerprint density at radius 1 is 1.16 bits per heavy atom. The zero-order chi connectivity index (χ0) is 13.7. The highest BCUT2D eigenvalue weighted by atomic mass is 32.1. The van der Waals surface area contributed by atoms with E-state index in [9.17, 15) is 0 Å². The topological polar surface area (TPSA) is 49.8 Å². The van der Waals surface area contributed by atoms with Crippen molar-refractivity contribution in [2.24, 2.45) is 0 Å². The standard InChI is InChI=1S/C14H16N4S/c1-3-11-4-6-12(7-5-11)17-14(19)18-13-15-9-8-10(2)16-13/h4-9H,3H2,1-2H3,(H2,15,16,17,18,19). The van der Waals surface area contributed by atoms with E-state index in [4.69, 9.17) is 12.2 Å². The molecule has 5 heteroatoms. The molecule has 98 valence electrons. The lowest BCUT2D eigenvalue weighted by atomic mass is 10.1. The normalized spacial score (nSPS) is 10.0. The molecule has 0 bridgehead atoms. The molecule has 0 spiro atoms. The van der Waals surface area contributed by atoms with Crippen LogP contribution in [0, 0.1) is 6.92 Å². The van der Waals surface area contributed by atoms with Crippen LogP contribution < -0.4 is 10.6 Å². The third kappa shape index (κ3) is 3.99. The van der Waals surface area contributed by atoms with Crippen molar-refractivity contribution in [2.75, 3.05) is 10.6 Å². The van der Waals surface area contributed by atoms with Crippen LogP contribution in [-0.4, -0.2) is 15.1 Å². The number of nitrogens with zero attached hydrogens (tertiary/aromatic N) is 2. The van der Waals surface area contributed by atoms with Crippen molar-refractivity contribution in [3.8, 4) is 0 Å². The Kier molecular flexibility index (Phi) is 4.41. The van der Waals surface area contributed by atoms with E-state index in [0.29, 0.717) is 11.1 Å². The van der Waals surface area contributed by atoms with Gasteiger partial charge in [-0.05, 0) is 49.3 Å². The molecule has 0 aliphatic heterocycles. The van der Waals surface area contributed by atoms with E-state index in [-0.39, 0.29) is 0 Å². The first-order chi connectivity index (χ1) is 9.17. The van der Waals surface area contributed by atoms with Crippen molar-refractivity contribution in [1.29, 1.82) is 0 Å². The Labute approximate surface area is 118 Å². The van der Waals surface area contributed by atoms with E-state index < -0.39 is 0 Å². The van der Waals surface area contributed by atoms with E-state index in [0.717, 1.165) is 17.8 Å². The summed E-state index contributed by atoms with van der Waals surface area (Å²) in [5.41, 5.74) is 3.14. The quantitative estimate of drug-likeness (QED) is 0.841. The monoisotopic (exact) mass is 272 g/mol. The summed E-state index contributed by atoms with van der Waals surface area (Å²) in [6.07, 6.45) is 2.73. The number of nitrogens with one attached hydrogen (secondary N) is 2. The largest absolute Gasteiger partial charge is 0.332 e. The van der Waals surface area contributed by atoms with Crippen LogP contribution in [0.25, 0.3) is 0 Å². The highest BCUT2D eigenvalue weighted by Crippen LogP contribution is 2.10. The molecule has 19 heavy (non-hydrogen) atoms. The molecule has 0 fully saturated rings. The predicted molar refractivity (Wildman–Crippen MR) is 82.4 cm³/mol. The number of thiocarbonyl (C=S) groups is 1.